The number of rotatable bonds is 14. The molecule has 2 heterocycles. The van der Waals surface area contributed by atoms with Gasteiger partial charge in [-0.25, -0.2) is 20.6 Å². The number of hydrogen-bond donors (Lipinski definition) is 3. The molecule has 2 unspecified atom stereocenters. The van der Waals surface area contributed by atoms with Gasteiger partial charge in [0.2, 0.25) is 0 Å². The molecule has 0 bridgehead atoms. The van der Waals surface area contributed by atoms with Crippen molar-refractivity contribution in [1.82, 2.24) is 11.0 Å². The molecule has 2 amide bonds. The summed E-state index contributed by atoms with van der Waals surface area (Å²) in [5.41, 5.74) is 6.22. The lowest BCUT2D eigenvalue weighted by molar-refractivity contribution is -0.163. The van der Waals surface area contributed by atoms with Crippen molar-refractivity contribution in [3.8, 4) is 0 Å². The number of hydrogen-bond acceptors (Lipinski definition) is 10. The summed E-state index contributed by atoms with van der Waals surface area (Å²) in [5, 5.41) is 11.0. The number of ether oxygens (including phenoxy) is 2. The van der Waals surface area contributed by atoms with Crippen LogP contribution in [0.2, 0.25) is 0 Å². The second-order valence-electron chi connectivity index (χ2n) is 10.9. The SMILES string of the molecule is CC(C)COC(C)ONC(=O)c1cc2ccc(C=O)cc2s1.CC(C)COC(C)ONC(=O)c1cc2ccc(CO)cc2s1. The molecule has 238 valence electrons. The van der Waals surface area contributed by atoms with Crippen molar-refractivity contribution in [3.05, 3.63) is 69.4 Å². The van der Waals surface area contributed by atoms with Gasteiger partial charge in [-0.3, -0.25) is 14.4 Å². The number of amides is 2. The standard InChI is InChI=1S/C16H21NO4S.C16H19NO4S/c2*1-10(2)9-20-11(3)21-17-16(19)15-7-13-5-4-12(8-18)6-14(13)22-15/h4-7,10-11,18H,8-9H2,1-3H3,(H,17,19);4-8,10-11H,9H2,1-3H3,(H,17,19). The average Bonchev–Trinajstić information content (AvgIpc) is 3.64. The molecule has 0 aliphatic carbocycles. The van der Waals surface area contributed by atoms with E-state index in [1.54, 1.807) is 38.1 Å². The van der Waals surface area contributed by atoms with Crippen molar-refractivity contribution in [2.75, 3.05) is 13.2 Å². The van der Waals surface area contributed by atoms with Crippen LogP contribution in [-0.4, -0.2) is 49.0 Å². The first-order chi connectivity index (χ1) is 21.0. The van der Waals surface area contributed by atoms with E-state index in [0.717, 1.165) is 32.0 Å². The van der Waals surface area contributed by atoms with Crippen LogP contribution in [0.5, 0.6) is 0 Å². The highest BCUT2D eigenvalue weighted by molar-refractivity contribution is 7.21. The largest absolute Gasteiger partial charge is 0.392 e. The topological polar surface area (TPSA) is 132 Å². The quantitative estimate of drug-likeness (QED) is 0.0809. The van der Waals surface area contributed by atoms with E-state index < -0.39 is 12.6 Å². The second kappa shape index (κ2) is 17.3. The van der Waals surface area contributed by atoms with Gasteiger partial charge in [0.25, 0.3) is 11.8 Å². The van der Waals surface area contributed by atoms with Crippen LogP contribution in [0.3, 0.4) is 0 Å². The molecule has 2 aromatic heterocycles. The molecule has 4 rings (SSSR count). The molecule has 12 heteroatoms. The van der Waals surface area contributed by atoms with Crippen LogP contribution in [-0.2, 0) is 25.8 Å². The van der Waals surface area contributed by atoms with Gasteiger partial charge in [-0.2, -0.15) is 0 Å². The molecule has 10 nitrogen and oxygen atoms in total. The predicted molar refractivity (Wildman–Crippen MR) is 173 cm³/mol. The van der Waals surface area contributed by atoms with Crippen LogP contribution in [0.25, 0.3) is 20.2 Å². The Kier molecular flexibility index (Phi) is 13.9. The van der Waals surface area contributed by atoms with Crippen LogP contribution in [0.4, 0.5) is 0 Å². The Labute approximate surface area is 265 Å². The highest BCUT2D eigenvalue weighted by Crippen LogP contribution is 2.27. The smallest absolute Gasteiger partial charge is 0.285 e. The third kappa shape index (κ3) is 11.0. The number of nitrogens with one attached hydrogen (secondary N) is 2. The highest BCUT2D eigenvalue weighted by atomic mass is 32.1. The van der Waals surface area contributed by atoms with Gasteiger partial charge in [0.15, 0.2) is 12.6 Å². The molecule has 4 aromatic rings. The van der Waals surface area contributed by atoms with Crippen LogP contribution < -0.4 is 11.0 Å². The molecule has 0 fully saturated rings. The predicted octanol–water partition coefficient (Wildman–Crippen LogP) is 6.47. The van der Waals surface area contributed by atoms with E-state index in [2.05, 4.69) is 11.0 Å². The van der Waals surface area contributed by atoms with E-state index in [1.807, 2.05) is 52.0 Å². The molecule has 0 aliphatic rings. The zero-order valence-electron chi connectivity index (χ0n) is 25.7. The first-order valence-corrected chi connectivity index (χ1v) is 15.9. The number of carbonyl (C=O) groups is 3. The Morgan fingerprint density at radius 3 is 1.68 bits per heavy atom. The third-order valence-corrected chi connectivity index (χ3v) is 8.05. The van der Waals surface area contributed by atoms with Gasteiger partial charge < -0.3 is 14.6 Å². The van der Waals surface area contributed by atoms with Crippen LogP contribution in [0, 0.1) is 11.8 Å². The van der Waals surface area contributed by atoms with Gasteiger partial charge in [0.05, 0.1) is 29.6 Å². The van der Waals surface area contributed by atoms with Crippen molar-refractivity contribution in [2.24, 2.45) is 11.8 Å². The molecule has 0 spiro atoms. The summed E-state index contributed by atoms with van der Waals surface area (Å²) in [7, 11) is 0. The molecule has 0 saturated heterocycles. The van der Waals surface area contributed by atoms with E-state index in [4.69, 9.17) is 24.3 Å². The Bertz CT molecular complexity index is 1530. The van der Waals surface area contributed by atoms with Crippen LogP contribution in [0.15, 0.2) is 48.5 Å². The third-order valence-electron chi connectivity index (χ3n) is 5.86. The van der Waals surface area contributed by atoms with Crippen LogP contribution in [0.1, 0.15) is 76.8 Å². The van der Waals surface area contributed by atoms with Crippen molar-refractivity contribution in [1.29, 1.82) is 0 Å². The summed E-state index contributed by atoms with van der Waals surface area (Å²) >= 11 is 2.67. The fraction of sp³-hybridized carbons (Fsp3) is 0.406. The fourth-order valence-electron chi connectivity index (χ4n) is 3.62. The summed E-state index contributed by atoms with van der Waals surface area (Å²) in [6, 6.07) is 14.5. The van der Waals surface area contributed by atoms with Crippen molar-refractivity contribution in [2.45, 2.75) is 60.7 Å². The van der Waals surface area contributed by atoms with Gasteiger partial charge in [-0.05, 0) is 66.3 Å². The maximum absolute atomic E-state index is 12.1. The number of benzene rings is 2. The molecule has 0 radical (unpaired) electrons. The fourth-order valence-corrected chi connectivity index (χ4v) is 5.63. The van der Waals surface area contributed by atoms with Gasteiger partial charge >= 0.3 is 0 Å². The zero-order chi connectivity index (χ0) is 32.2. The summed E-state index contributed by atoms with van der Waals surface area (Å²) < 4.78 is 12.7. The van der Waals surface area contributed by atoms with Crippen LogP contribution >= 0.6 is 22.7 Å². The minimum Gasteiger partial charge on any atom is -0.392 e. The Morgan fingerprint density at radius 1 is 0.750 bits per heavy atom. The average molecular weight is 645 g/mol. The number of aliphatic hydroxyl groups is 1. The first kappa shape index (κ1) is 35.3. The van der Waals surface area contributed by atoms with E-state index in [-0.39, 0.29) is 18.4 Å². The summed E-state index contributed by atoms with van der Waals surface area (Å²) in [6.07, 6.45) is -0.223. The van der Waals surface area contributed by atoms with Gasteiger partial charge in [0.1, 0.15) is 6.29 Å². The minimum atomic E-state index is -0.512. The maximum Gasteiger partial charge on any atom is 0.285 e. The van der Waals surface area contributed by atoms with Crippen molar-refractivity contribution >= 4 is 60.9 Å². The number of aliphatic hydroxyl groups excluding tert-OH is 1. The Balaban J connectivity index is 0.000000240. The molecule has 2 aromatic carbocycles. The molecular weight excluding hydrogens is 604 g/mol. The molecular formula is C32H40N2O8S2. The second-order valence-corrected chi connectivity index (χ2v) is 13.0. The Hall–Kier alpha value is -3.23. The first-order valence-electron chi connectivity index (χ1n) is 14.3. The minimum absolute atomic E-state index is 0.0107. The molecule has 0 saturated carbocycles. The Morgan fingerprint density at radius 2 is 1.23 bits per heavy atom. The van der Waals surface area contributed by atoms with E-state index in [9.17, 15) is 14.4 Å². The monoisotopic (exact) mass is 644 g/mol. The zero-order valence-corrected chi connectivity index (χ0v) is 27.4. The summed E-state index contributed by atoms with van der Waals surface area (Å²) in [4.78, 5) is 46.4. The van der Waals surface area contributed by atoms with Crippen molar-refractivity contribution < 1.29 is 38.6 Å². The van der Waals surface area contributed by atoms with E-state index >= 15 is 0 Å². The molecule has 0 aliphatic heterocycles. The molecule has 2 atom stereocenters. The number of carbonyl (C=O) groups excluding carboxylic acids is 3. The van der Waals surface area contributed by atoms with Gasteiger partial charge in [-0.15, -0.1) is 22.7 Å². The lowest BCUT2D eigenvalue weighted by atomic mass is 10.2. The molecule has 44 heavy (non-hydrogen) atoms. The highest BCUT2D eigenvalue weighted by Gasteiger charge is 2.14. The van der Waals surface area contributed by atoms with E-state index in [0.29, 0.717) is 40.4 Å². The van der Waals surface area contributed by atoms with Gasteiger partial charge in [-0.1, -0.05) is 52.0 Å². The number of aldehydes is 1. The molecule has 3 N–H and O–H groups in total. The number of thiophene rings is 2. The summed E-state index contributed by atoms with van der Waals surface area (Å²) in [5.74, 6) is 0.182. The normalized spacial score (nSPS) is 12.7. The number of fused-ring (bicyclic) bond motifs is 2. The van der Waals surface area contributed by atoms with Crippen molar-refractivity contribution in [3.63, 3.8) is 0 Å². The van der Waals surface area contributed by atoms with E-state index in [1.165, 1.54) is 22.7 Å². The summed E-state index contributed by atoms with van der Waals surface area (Å²) in [6.45, 7) is 12.8. The van der Waals surface area contributed by atoms with Gasteiger partial charge in [0, 0.05) is 15.0 Å². The number of hydroxylamine groups is 2. The maximum atomic E-state index is 12.1. The lowest BCUT2D eigenvalue weighted by Crippen LogP contribution is -2.29. The lowest BCUT2D eigenvalue weighted by Gasteiger charge is -2.14.